The second-order valence-corrected chi connectivity index (χ2v) is 3.16. The first-order valence-corrected chi connectivity index (χ1v) is 4.76. The van der Waals surface area contributed by atoms with Gasteiger partial charge in [-0.3, -0.25) is 4.79 Å². The van der Waals surface area contributed by atoms with E-state index in [1.165, 1.54) is 0 Å². The Labute approximate surface area is 84.0 Å². The molecule has 1 aliphatic heterocycles. The van der Waals surface area contributed by atoms with E-state index in [0.29, 0.717) is 0 Å². The summed E-state index contributed by atoms with van der Waals surface area (Å²) in [5, 5.41) is 8.72. The number of carboxylic acids is 1. The van der Waals surface area contributed by atoms with Gasteiger partial charge in [-0.1, -0.05) is 25.5 Å². The quantitative estimate of drug-likeness (QED) is 0.743. The summed E-state index contributed by atoms with van der Waals surface area (Å²) in [6.07, 6.45) is 11.4. The molecule has 76 valence electrons. The van der Waals surface area contributed by atoms with Gasteiger partial charge in [0.15, 0.2) is 0 Å². The minimum Gasteiger partial charge on any atom is -0.480 e. The van der Waals surface area contributed by atoms with E-state index in [-0.39, 0.29) is 6.54 Å². The molecule has 0 saturated heterocycles. The summed E-state index contributed by atoms with van der Waals surface area (Å²) in [4.78, 5) is 12.4. The molecule has 0 bridgehead atoms. The molecule has 1 N–H and O–H groups in total. The topological polar surface area (TPSA) is 40.5 Å². The molecule has 0 fully saturated rings. The second kappa shape index (κ2) is 5.27. The molecular formula is C11H15NO2. The van der Waals surface area contributed by atoms with Crippen LogP contribution in [0.5, 0.6) is 0 Å². The van der Waals surface area contributed by atoms with Crippen LogP contribution >= 0.6 is 0 Å². The van der Waals surface area contributed by atoms with Crippen molar-refractivity contribution < 1.29 is 9.90 Å². The fourth-order valence-electron chi connectivity index (χ4n) is 1.36. The molecule has 0 aromatic carbocycles. The van der Waals surface area contributed by atoms with Gasteiger partial charge in [-0.25, -0.2) is 0 Å². The molecule has 0 aromatic rings. The first-order valence-electron chi connectivity index (χ1n) is 4.76. The highest BCUT2D eigenvalue weighted by molar-refractivity contribution is 5.69. The van der Waals surface area contributed by atoms with Gasteiger partial charge in [0.05, 0.1) is 0 Å². The van der Waals surface area contributed by atoms with Crippen LogP contribution in [0.3, 0.4) is 0 Å². The van der Waals surface area contributed by atoms with Gasteiger partial charge in [-0.2, -0.15) is 0 Å². The molecule has 0 radical (unpaired) electrons. The highest BCUT2D eigenvalue weighted by Gasteiger charge is 2.09. The van der Waals surface area contributed by atoms with Crippen molar-refractivity contribution in [3.8, 4) is 0 Å². The van der Waals surface area contributed by atoms with Crippen molar-refractivity contribution in [2.75, 3.05) is 6.54 Å². The van der Waals surface area contributed by atoms with Crippen molar-refractivity contribution in [2.24, 2.45) is 0 Å². The van der Waals surface area contributed by atoms with E-state index in [4.69, 9.17) is 5.11 Å². The van der Waals surface area contributed by atoms with Crippen molar-refractivity contribution in [1.29, 1.82) is 0 Å². The number of nitrogens with zero attached hydrogens (tertiary/aromatic N) is 1. The van der Waals surface area contributed by atoms with E-state index in [2.05, 4.69) is 6.92 Å². The predicted molar refractivity (Wildman–Crippen MR) is 55.6 cm³/mol. The molecule has 1 aliphatic rings. The number of allylic oxidation sites excluding steroid dienone is 5. The van der Waals surface area contributed by atoms with Crippen LogP contribution in [0, 0.1) is 0 Å². The monoisotopic (exact) mass is 193 g/mol. The van der Waals surface area contributed by atoms with Crippen LogP contribution in [0.15, 0.2) is 36.2 Å². The lowest BCUT2D eigenvalue weighted by molar-refractivity contribution is -0.137. The third kappa shape index (κ3) is 3.09. The molecule has 0 amide bonds. The number of hydrogen-bond donors (Lipinski definition) is 1. The molecule has 0 atom stereocenters. The molecule has 0 aromatic heterocycles. The summed E-state index contributed by atoms with van der Waals surface area (Å²) >= 11 is 0. The lowest BCUT2D eigenvalue weighted by Gasteiger charge is -2.20. The zero-order valence-corrected chi connectivity index (χ0v) is 8.31. The Bertz CT molecular complexity index is 290. The van der Waals surface area contributed by atoms with Crippen LogP contribution in [0.4, 0.5) is 0 Å². The van der Waals surface area contributed by atoms with Crippen molar-refractivity contribution in [1.82, 2.24) is 4.90 Å². The van der Waals surface area contributed by atoms with Crippen molar-refractivity contribution >= 4 is 5.97 Å². The number of carbonyl (C=O) groups is 1. The highest BCUT2D eigenvalue weighted by atomic mass is 16.4. The predicted octanol–water partition coefficient (Wildman–Crippen LogP) is 2.14. The smallest absolute Gasteiger partial charge is 0.323 e. The Hall–Kier alpha value is -1.51. The van der Waals surface area contributed by atoms with Crippen molar-refractivity contribution in [3.63, 3.8) is 0 Å². The van der Waals surface area contributed by atoms with Gasteiger partial charge in [0.1, 0.15) is 6.54 Å². The fourth-order valence-corrected chi connectivity index (χ4v) is 1.36. The average Bonchev–Trinajstić information content (AvgIpc) is 2.32. The number of carboxylic acid groups (broad SMARTS) is 1. The summed E-state index contributed by atoms with van der Waals surface area (Å²) in [6.45, 7) is 2.11. The molecule has 0 spiro atoms. The van der Waals surface area contributed by atoms with Gasteiger partial charge in [-0.15, -0.1) is 0 Å². The van der Waals surface area contributed by atoms with Crippen LogP contribution in [-0.4, -0.2) is 22.5 Å². The zero-order valence-electron chi connectivity index (χ0n) is 8.31. The van der Waals surface area contributed by atoms with Gasteiger partial charge in [0.2, 0.25) is 0 Å². The number of rotatable bonds is 4. The summed E-state index contributed by atoms with van der Waals surface area (Å²) in [7, 11) is 0. The third-order valence-corrected chi connectivity index (χ3v) is 1.96. The Kier molecular flexibility index (Phi) is 3.98. The van der Waals surface area contributed by atoms with Crippen molar-refractivity contribution in [2.45, 2.75) is 19.8 Å². The van der Waals surface area contributed by atoms with Crippen molar-refractivity contribution in [3.05, 3.63) is 36.2 Å². The van der Waals surface area contributed by atoms with Gasteiger partial charge < -0.3 is 10.0 Å². The largest absolute Gasteiger partial charge is 0.480 e. The number of aliphatic carboxylic acids is 1. The molecular weight excluding hydrogens is 178 g/mol. The third-order valence-electron chi connectivity index (χ3n) is 1.96. The molecule has 14 heavy (non-hydrogen) atoms. The molecule has 0 aliphatic carbocycles. The summed E-state index contributed by atoms with van der Waals surface area (Å²) in [5.74, 6) is -0.807. The first-order chi connectivity index (χ1) is 6.74. The van der Waals surface area contributed by atoms with E-state index in [9.17, 15) is 4.79 Å². The zero-order chi connectivity index (χ0) is 10.4. The van der Waals surface area contributed by atoms with Crippen LogP contribution in [0.25, 0.3) is 0 Å². The first kappa shape index (κ1) is 10.6. The minimum absolute atomic E-state index is 0.0318. The molecule has 1 heterocycles. The maximum atomic E-state index is 10.6. The van der Waals surface area contributed by atoms with Crippen LogP contribution in [-0.2, 0) is 4.79 Å². The van der Waals surface area contributed by atoms with E-state index in [1.807, 2.05) is 24.3 Å². The van der Waals surface area contributed by atoms with Crippen LogP contribution in [0.2, 0.25) is 0 Å². The Morgan fingerprint density at radius 1 is 1.43 bits per heavy atom. The van der Waals surface area contributed by atoms with E-state index < -0.39 is 5.97 Å². The van der Waals surface area contributed by atoms with Crippen LogP contribution < -0.4 is 0 Å². The summed E-state index contributed by atoms with van der Waals surface area (Å²) in [5.41, 5.74) is 1.06. The van der Waals surface area contributed by atoms with E-state index in [1.54, 1.807) is 11.1 Å². The molecule has 1 rings (SSSR count). The van der Waals surface area contributed by atoms with Gasteiger partial charge in [0.25, 0.3) is 0 Å². The maximum Gasteiger partial charge on any atom is 0.323 e. The molecule has 3 nitrogen and oxygen atoms in total. The maximum absolute atomic E-state index is 10.6. The van der Waals surface area contributed by atoms with Gasteiger partial charge >= 0.3 is 5.97 Å². The normalized spacial score (nSPS) is 15.2. The lowest BCUT2D eigenvalue weighted by Crippen LogP contribution is -2.23. The summed E-state index contributed by atoms with van der Waals surface area (Å²) < 4.78 is 0. The number of hydrogen-bond acceptors (Lipinski definition) is 2. The highest BCUT2D eigenvalue weighted by Crippen LogP contribution is 2.14. The average molecular weight is 193 g/mol. The Morgan fingerprint density at radius 3 is 2.86 bits per heavy atom. The van der Waals surface area contributed by atoms with Crippen LogP contribution in [0.1, 0.15) is 19.8 Å². The Morgan fingerprint density at radius 2 is 2.21 bits per heavy atom. The Balaban J connectivity index is 2.73. The van der Waals surface area contributed by atoms with E-state index >= 15 is 0 Å². The van der Waals surface area contributed by atoms with Gasteiger partial charge in [0, 0.05) is 11.9 Å². The summed E-state index contributed by atoms with van der Waals surface area (Å²) in [6, 6.07) is 0. The SMILES string of the molecule is CCCC1=CC=CC=CN1CC(=O)O. The second-order valence-electron chi connectivity index (χ2n) is 3.16. The molecule has 3 heteroatoms. The standard InChI is InChI=1S/C11H15NO2/c1-2-6-10-7-4-3-5-8-12(10)9-11(13)14/h3-5,7-8H,2,6,9H2,1H3,(H,13,14). The minimum atomic E-state index is -0.807. The molecule has 0 unspecified atom stereocenters. The van der Waals surface area contributed by atoms with Gasteiger partial charge in [-0.05, 0) is 18.6 Å². The molecule has 0 saturated carbocycles. The van der Waals surface area contributed by atoms with E-state index in [0.717, 1.165) is 18.5 Å². The lowest BCUT2D eigenvalue weighted by atomic mass is 10.2. The fraction of sp³-hybridized carbons (Fsp3) is 0.364.